The highest BCUT2D eigenvalue weighted by Crippen LogP contribution is 2.64. The number of aryl methyl sites for hydroxylation is 1. The smallest absolute Gasteiger partial charge is 0.195 e. The maximum atomic E-state index is 5.37. The molecule has 3 atom stereocenters. The fraction of sp³-hybridized carbons (Fsp3) is 0.500. The van der Waals surface area contributed by atoms with Gasteiger partial charge in [0.25, 0.3) is 0 Å². The minimum atomic E-state index is 0.568. The predicted molar refractivity (Wildman–Crippen MR) is 81.4 cm³/mol. The number of nitrogens with one attached hydrogen (secondary N) is 1. The molecular weight excluding hydrogens is 266 g/mol. The summed E-state index contributed by atoms with van der Waals surface area (Å²) in [6.07, 6.45) is 3.60. The number of hydrogen-bond acceptors (Lipinski definition) is 2. The van der Waals surface area contributed by atoms with Crippen molar-refractivity contribution in [3.05, 3.63) is 46.0 Å². The molecule has 0 spiro atoms. The molecule has 3 nitrogen and oxygen atoms in total. The molecule has 1 N–H and O–H groups in total. The first kappa shape index (κ1) is 12.3. The Balaban J connectivity index is 1.72. The zero-order valence-corrected chi connectivity index (χ0v) is 12.5. The second-order valence-corrected chi connectivity index (χ2v) is 6.38. The number of aromatic nitrogens is 3. The first-order valence-electron chi connectivity index (χ1n) is 7.54. The van der Waals surface area contributed by atoms with E-state index in [-0.39, 0.29) is 0 Å². The molecule has 20 heavy (non-hydrogen) atoms. The van der Waals surface area contributed by atoms with Gasteiger partial charge in [-0.25, -0.2) is 0 Å². The highest BCUT2D eigenvalue weighted by molar-refractivity contribution is 7.71. The molecule has 1 aromatic heterocycles. The lowest BCUT2D eigenvalue weighted by molar-refractivity contribution is 0.609. The number of benzene rings is 1. The van der Waals surface area contributed by atoms with Crippen LogP contribution in [0.2, 0.25) is 0 Å². The lowest BCUT2D eigenvalue weighted by Crippen LogP contribution is -2.03. The van der Waals surface area contributed by atoms with Crippen molar-refractivity contribution in [2.45, 2.75) is 44.6 Å². The maximum absolute atomic E-state index is 5.37. The van der Waals surface area contributed by atoms with Crippen LogP contribution in [0.4, 0.5) is 0 Å². The molecule has 2 aliphatic carbocycles. The van der Waals surface area contributed by atoms with Crippen molar-refractivity contribution in [1.29, 1.82) is 0 Å². The Morgan fingerprint density at radius 3 is 3.05 bits per heavy atom. The molecule has 4 heteroatoms. The van der Waals surface area contributed by atoms with Crippen molar-refractivity contribution in [1.82, 2.24) is 14.8 Å². The SMILES string of the molecule is CCCn1c(C2C3CCc4ccccc4C32)n[nH]c1=S. The van der Waals surface area contributed by atoms with Crippen molar-refractivity contribution in [3.63, 3.8) is 0 Å². The Morgan fingerprint density at radius 1 is 1.35 bits per heavy atom. The summed E-state index contributed by atoms with van der Waals surface area (Å²) in [5.74, 6) is 3.19. The second kappa shape index (κ2) is 4.55. The second-order valence-electron chi connectivity index (χ2n) is 5.99. The molecule has 0 radical (unpaired) electrons. The van der Waals surface area contributed by atoms with Gasteiger partial charge in [0.15, 0.2) is 4.77 Å². The molecule has 2 aromatic rings. The summed E-state index contributed by atoms with van der Waals surface area (Å²) >= 11 is 5.37. The molecule has 1 saturated carbocycles. The third kappa shape index (κ3) is 1.71. The van der Waals surface area contributed by atoms with Gasteiger partial charge in [-0.05, 0) is 54.4 Å². The van der Waals surface area contributed by atoms with Crippen LogP contribution in [0, 0.1) is 10.7 Å². The van der Waals surface area contributed by atoms with Crippen LogP contribution in [0.1, 0.15) is 48.6 Å². The third-order valence-corrected chi connectivity index (χ3v) is 5.17. The van der Waals surface area contributed by atoms with Gasteiger partial charge in [0.2, 0.25) is 0 Å². The van der Waals surface area contributed by atoms with E-state index in [9.17, 15) is 0 Å². The van der Waals surface area contributed by atoms with Crippen molar-refractivity contribution in [3.8, 4) is 0 Å². The van der Waals surface area contributed by atoms with Crippen LogP contribution in [0.25, 0.3) is 0 Å². The van der Waals surface area contributed by atoms with E-state index in [0.29, 0.717) is 11.8 Å². The topological polar surface area (TPSA) is 33.6 Å². The summed E-state index contributed by atoms with van der Waals surface area (Å²) in [5, 5.41) is 7.53. The fourth-order valence-corrected chi connectivity index (χ4v) is 4.17. The molecular formula is C16H19N3S. The van der Waals surface area contributed by atoms with Gasteiger partial charge in [-0.2, -0.15) is 5.10 Å². The first-order valence-corrected chi connectivity index (χ1v) is 7.95. The van der Waals surface area contributed by atoms with Gasteiger partial charge in [-0.1, -0.05) is 31.2 Å². The lowest BCUT2D eigenvalue weighted by Gasteiger charge is -2.13. The molecule has 1 aromatic carbocycles. The summed E-state index contributed by atoms with van der Waals surface area (Å²) in [6.45, 7) is 3.16. The number of nitrogens with zero attached hydrogens (tertiary/aromatic N) is 2. The summed E-state index contributed by atoms with van der Waals surface area (Å²) in [4.78, 5) is 0. The summed E-state index contributed by atoms with van der Waals surface area (Å²) in [7, 11) is 0. The lowest BCUT2D eigenvalue weighted by atomic mass is 9.92. The number of hydrogen-bond donors (Lipinski definition) is 1. The minimum Gasteiger partial charge on any atom is -0.304 e. The van der Waals surface area contributed by atoms with Crippen LogP contribution in [0.3, 0.4) is 0 Å². The zero-order chi connectivity index (χ0) is 13.7. The van der Waals surface area contributed by atoms with Crippen LogP contribution >= 0.6 is 12.2 Å². The van der Waals surface area contributed by atoms with Gasteiger partial charge >= 0.3 is 0 Å². The monoisotopic (exact) mass is 285 g/mol. The highest BCUT2D eigenvalue weighted by atomic mass is 32.1. The van der Waals surface area contributed by atoms with Crippen LogP contribution < -0.4 is 0 Å². The third-order valence-electron chi connectivity index (χ3n) is 4.86. The van der Waals surface area contributed by atoms with E-state index in [1.54, 1.807) is 5.56 Å². The predicted octanol–water partition coefficient (Wildman–Crippen LogP) is 3.79. The average Bonchev–Trinajstić information content (AvgIpc) is 3.11. The highest BCUT2D eigenvalue weighted by Gasteiger charge is 2.55. The number of aromatic amines is 1. The van der Waals surface area contributed by atoms with E-state index in [1.807, 2.05) is 0 Å². The van der Waals surface area contributed by atoms with Gasteiger partial charge in [0.05, 0.1) is 0 Å². The quantitative estimate of drug-likeness (QED) is 0.870. The van der Waals surface area contributed by atoms with E-state index in [2.05, 4.69) is 46.0 Å². The standard InChI is InChI=1S/C16H19N3S/c1-2-9-19-15(17-18-16(19)20)14-12-8-7-10-5-3-4-6-11(10)13(12)14/h3-6,12-14H,2,7-9H2,1H3,(H,18,20). The Hall–Kier alpha value is -1.42. The van der Waals surface area contributed by atoms with E-state index in [1.165, 1.54) is 24.2 Å². The minimum absolute atomic E-state index is 0.568. The van der Waals surface area contributed by atoms with E-state index < -0.39 is 0 Å². The summed E-state index contributed by atoms with van der Waals surface area (Å²) < 4.78 is 2.99. The molecule has 3 unspecified atom stereocenters. The average molecular weight is 285 g/mol. The molecule has 4 rings (SSSR count). The van der Waals surface area contributed by atoms with Crippen LogP contribution in [0.5, 0.6) is 0 Å². The largest absolute Gasteiger partial charge is 0.304 e. The van der Waals surface area contributed by atoms with Crippen molar-refractivity contribution >= 4 is 12.2 Å². The molecule has 1 heterocycles. The summed E-state index contributed by atoms with van der Waals surface area (Å²) in [6, 6.07) is 8.91. The normalized spacial score (nSPS) is 26.9. The Kier molecular flexibility index (Phi) is 2.81. The van der Waals surface area contributed by atoms with E-state index >= 15 is 0 Å². The number of H-pyrrole nitrogens is 1. The molecule has 0 aliphatic heterocycles. The Bertz CT molecular complexity index is 700. The molecule has 1 fully saturated rings. The van der Waals surface area contributed by atoms with Crippen LogP contribution in [0.15, 0.2) is 24.3 Å². The van der Waals surface area contributed by atoms with E-state index in [4.69, 9.17) is 12.2 Å². The summed E-state index contributed by atoms with van der Waals surface area (Å²) in [5.41, 5.74) is 3.08. The Labute approximate surface area is 124 Å². The van der Waals surface area contributed by atoms with Gasteiger partial charge in [-0.15, -0.1) is 0 Å². The van der Waals surface area contributed by atoms with Crippen LogP contribution in [-0.2, 0) is 13.0 Å². The molecule has 104 valence electrons. The molecule has 0 amide bonds. The zero-order valence-electron chi connectivity index (χ0n) is 11.7. The van der Waals surface area contributed by atoms with Gasteiger partial charge in [0.1, 0.15) is 5.82 Å². The first-order chi connectivity index (χ1) is 9.81. The van der Waals surface area contributed by atoms with Crippen molar-refractivity contribution in [2.75, 3.05) is 0 Å². The molecule has 2 aliphatic rings. The van der Waals surface area contributed by atoms with Gasteiger partial charge < -0.3 is 4.57 Å². The van der Waals surface area contributed by atoms with Crippen molar-refractivity contribution in [2.24, 2.45) is 5.92 Å². The maximum Gasteiger partial charge on any atom is 0.195 e. The van der Waals surface area contributed by atoms with E-state index in [0.717, 1.165) is 23.7 Å². The molecule has 0 saturated heterocycles. The number of rotatable bonds is 3. The fourth-order valence-electron chi connectivity index (χ4n) is 3.94. The molecule has 0 bridgehead atoms. The van der Waals surface area contributed by atoms with Gasteiger partial charge in [-0.3, -0.25) is 5.10 Å². The number of fused-ring (bicyclic) bond motifs is 3. The Morgan fingerprint density at radius 2 is 2.20 bits per heavy atom. The van der Waals surface area contributed by atoms with Gasteiger partial charge in [0, 0.05) is 12.5 Å². The van der Waals surface area contributed by atoms with Crippen LogP contribution in [-0.4, -0.2) is 14.8 Å². The van der Waals surface area contributed by atoms with Crippen molar-refractivity contribution < 1.29 is 0 Å².